The lowest BCUT2D eigenvalue weighted by Gasteiger charge is -2.09. The van der Waals surface area contributed by atoms with Crippen molar-refractivity contribution in [3.8, 4) is 11.4 Å². The number of anilines is 1. The van der Waals surface area contributed by atoms with Crippen molar-refractivity contribution in [1.29, 1.82) is 0 Å². The zero-order valence-electron chi connectivity index (χ0n) is 15.2. The molecule has 5 aromatic rings. The van der Waals surface area contributed by atoms with Crippen LogP contribution in [-0.2, 0) is 6.61 Å². The van der Waals surface area contributed by atoms with Gasteiger partial charge in [-0.25, -0.2) is 9.97 Å². The van der Waals surface area contributed by atoms with Gasteiger partial charge in [-0.2, -0.15) is 0 Å². The van der Waals surface area contributed by atoms with Gasteiger partial charge in [-0.15, -0.1) is 0 Å². The van der Waals surface area contributed by atoms with E-state index in [-0.39, 0.29) is 5.43 Å². The fourth-order valence-electron chi connectivity index (χ4n) is 3.27. The lowest BCUT2D eigenvalue weighted by molar-refractivity contribution is 0.306. The molecule has 4 aromatic heterocycles. The highest BCUT2D eigenvalue weighted by Crippen LogP contribution is 2.22. The Morgan fingerprint density at radius 3 is 2.93 bits per heavy atom. The van der Waals surface area contributed by atoms with Crippen LogP contribution in [0.4, 0.5) is 5.82 Å². The van der Waals surface area contributed by atoms with Crippen LogP contribution in [-0.4, -0.2) is 24.5 Å². The van der Waals surface area contributed by atoms with Gasteiger partial charge in [-0.3, -0.25) is 14.3 Å². The summed E-state index contributed by atoms with van der Waals surface area (Å²) in [5.74, 6) is 1.10. The summed E-state index contributed by atoms with van der Waals surface area (Å²) < 4.78 is 7.81. The van der Waals surface area contributed by atoms with Crippen molar-refractivity contribution in [2.45, 2.75) is 6.61 Å². The first kappa shape index (κ1) is 16.9. The Bertz CT molecular complexity index is 1410. The predicted molar refractivity (Wildman–Crippen MR) is 110 cm³/mol. The van der Waals surface area contributed by atoms with Crippen molar-refractivity contribution in [3.63, 3.8) is 0 Å². The molecule has 0 aliphatic rings. The molecule has 8 nitrogen and oxygen atoms in total. The summed E-state index contributed by atoms with van der Waals surface area (Å²) in [5.41, 5.74) is 9.09. The van der Waals surface area contributed by atoms with Crippen LogP contribution in [0.25, 0.3) is 27.6 Å². The molecule has 29 heavy (non-hydrogen) atoms. The monoisotopic (exact) mass is 384 g/mol. The highest BCUT2D eigenvalue weighted by molar-refractivity contribution is 5.87. The minimum atomic E-state index is -0.0226. The van der Waals surface area contributed by atoms with Crippen molar-refractivity contribution in [2.24, 2.45) is 0 Å². The Morgan fingerprint density at radius 2 is 2.00 bits per heavy atom. The van der Waals surface area contributed by atoms with Gasteiger partial charge in [0.1, 0.15) is 30.1 Å². The summed E-state index contributed by atoms with van der Waals surface area (Å²) >= 11 is 0. The number of pyridine rings is 2. The molecule has 0 saturated carbocycles. The van der Waals surface area contributed by atoms with E-state index in [1.54, 1.807) is 30.7 Å². The molecule has 0 aliphatic carbocycles. The molecule has 5 rings (SSSR count). The normalized spacial score (nSPS) is 11.2. The molecule has 0 atom stereocenters. The average Bonchev–Trinajstić information content (AvgIpc) is 3.18. The number of rotatable bonds is 4. The lowest BCUT2D eigenvalue weighted by atomic mass is 10.2. The van der Waals surface area contributed by atoms with E-state index in [2.05, 4.69) is 19.9 Å². The Kier molecular flexibility index (Phi) is 3.94. The highest BCUT2D eigenvalue weighted by atomic mass is 16.5. The largest absolute Gasteiger partial charge is 0.489 e. The first-order valence-corrected chi connectivity index (χ1v) is 8.95. The number of hydrogen-bond donors (Lipinski definition) is 2. The first-order valence-electron chi connectivity index (χ1n) is 8.95. The van der Waals surface area contributed by atoms with Crippen LogP contribution < -0.4 is 15.9 Å². The molecule has 142 valence electrons. The summed E-state index contributed by atoms with van der Waals surface area (Å²) in [6, 6.07) is 10.7. The van der Waals surface area contributed by atoms with Crippen LogP contribution in [0.1, 0.15) is 5.56 Å². The number of nitrogens with one attached hydrogen (secondary N) is 1. The van der Waals surface area contributed by atoms with Crippen LogP contribution >= 0.6 is 0 Å². The number of ether oxygens (including phenoxy) is 1. The van der Waals surface area contributed by atoms with Gasteiger partial charge < -0.3 is 15.5 Å². The van der Waals surface area contributed by atoms with Gasteiger partial charge in [0.05, 0.1) is 22.8 Å². The van der Waals surface area contributed by atoms with E-state index in [0.717, 1.165) is 27.8 Å². The Hall–Kier alpha value is -4.20. The van der Waals surface area contributed by atoms with E-state index >= 15 is 0 Å². The van der Waals surface area contributed by atoms with Gasteiger partial charge in [0.25, 0.3) is 0 Å². The third kappa shape index (κ3) is 3.06. The lowest BCUT2D eigenvalue weighted by Crippen LogP contribution is -2.02. The van der Waals surface area contributed by atoms with Crippen LogP contribution in [0.2, 0.25) is 0 Å². The topological polar surface area (TPSA) is 112 Å². The van der Waals surface area contributed by atoms with Gasteiger partial charge in [0, 0.05) is 41.7 Å². The first-order chi connectivity index (χ1) is 14.2. The highest BCUT2D eigenvalue weighted by Gasteiger charge is 2.09. The average molecular weight is 384 g/mol. The summed E-state index contributed by atoms with van der Waals surface area (Å²) in [6.45, 7) is 0.333. The number of aromatic amines is 1. The molecule has 0 aliphatic heterocycles. The third-order valence-electron chi connectivity index (χ3n) is 4.71. The minimum absolute atomic E-state index is 0.0226. The standard InChI is InChI=1S/C21H16N6O2/c22-20-17-4-6-27(21(17)26-12-25-20)14-7-13(9-23-10-14)11-29-15-1-2-16-18(8-15)24-5-3-19(16)28/h1-10,12H,11H2,(H,24,28)(H2,22,25,26). The van der Waals surface area contributed by atoms with Crippen LogP contribution in [0.5, 0.6) is 5.75 Å². The molecule has 4 heterocycles. The van der Waals surface area contributed by atoms with Gasteiger partial charge >= 0.3 is 0 Å². The van der Waals surface area contributed by atoms with E-state index in [9.17, 15) is 4.79 Å². The Balaban J connectivity index is 1.42. The molecule has 3 N–H and O–H groups in total. The van der Waals surface area contributed by atoms with Crippen molar-refractivity contribution < 1.29 is 4.74 Å². The molecule has 0 radical (unpaired) electrons. The van der Waals surface area contributed by atoms with Crippen LogP contribution in [0, 0.1) is 0 Å². The second-order valence-corrected chi connectivity index (χ2v) is 6.57. The van der Waals surface area contributed by atoms with E-state index in [4.69, 9.17) is 10.5 Å². The number of hydrogen-bond acceptors (Lipinski definition) is 6. The van der Waals surface area contributed by atoms with Gasteiger partial charge in [-0.05, 0) is 24.3 Å². The molecule has 0 bridgehead atoms. The van der Waals surface area contributed by atoms with E-state index in [0.29, 0.717) is 23.6 Å². The number of benzene rings is 1. The van der Waals surface area contributed by atoms with Crippen molar-refractivity contribution in [3.05, 3.63) is 83.3 Å². The molecule has 8 heteroatoms. The molecule has 0 unspecified atom stereocenters. The molecule has 1 aromatic carbocycles. The summed E-state index contributed by atoms with van der Waals surface area (Å²) in [4.78, 5) is 27.6. The van der Waals surface area contributed by atoms with E-state index < -0.39 is 0 Å². The number of fused-ring (bicyclic) bond motifs is 2. The Labute approximate surface area is 164 Å². The molecule has 0 spiro atoms. The second kappa shape index (κ2) is 6.75. The molecule has 0 fully saturated rings. The number of H-pyrrole nitrogens is 1. The van der Waals surface area contributed by atoms with Crippen molar-refractivity contribution in [2.75, 3.05) is 5.73 Å². The SMILES string of the molecule is Nc1ncnc2c1ccn2-c1cncc(COc2ccc3c(=O)cc[nH]c3c2)c1. The molecular formula is C21H16N6O2. The number of aromatic nitrogens is 5. The molecule has 0 saturated heterocycles. The minimum Gasteiger partial charge on any atom is -0.489 e. The van der Waals surface area contributed by atoms with E-state index in [1.165, 1.54) is 12.4 Å². The summed E-state index contributed by atoms with van der Waals surface area (Å²) in [7, 11) is 0. The molecule has 0 amide bonds. The quantitative estimate of drug-likeness (QED) is 0.493. The maximum atomic E-state index is 11.8. The van der Waals surface area contributed by atoms with Crippen LogP contribution in [0.3, 0.4) is 0 Å². The Morgan fingerprint density at radius 1 is 1.07 bits per heavy atom. The van der Waals surface area contributed by atoms with Crippen molar-refractivity contribution in [1.82, 2.24) is 24.5 Å². The zero-order chi connectivity index (χ0) is 19.8. The van der Waals surface area contributed by atoms with E-state index in [1.807, 2.05) is 29.0 Å². The maximum Gasteiger partial charge on any atom is 0.189 e. The summed E-state index contributed by atoms with van der Waals surface area (Å²) in [5, 5.41) is 1.42. The third-order valence-corrected chi connectivity index (χ3v) is 4.71. The van der Waals surface area contributed by atoms with Crippen LogP contribution in [0.15, 0.2) is 72.3 Å². The number of nitrogens with zero attached hydrogens (tertiary/aromatic N) is 4. The maximum absolute atomic E-state index is 11.8. The summed E-state index contributed by atoms with van der Waals surface area (Å²) in [6.07, 6.45) is 8.46. The zero-order valence-corrected chi connectivity index (χ0v) is 15.2. The second-order valence-electron chi connectivity index (χ2n) is 6.57. The fraction of sp³-hybridized carbons (Fsp3) is 0.0476. The van der Waals surface area contributed by atoms with Gasteiger partial charge in [0.2, 0.25) is 0 Å². The van der Waals surface area contributed by atoms with Gasteiger partial charge in [0.15, 0.2) is 5.43 Å². The van der Waals surface area contributed by atoms with Gasteiger partial charge in [-0.1, -0.05) is 0 Å². The van der Waals surface area contributed by atoms with Crippen molar-refractivity contribution >= 4 is 27.8 Å². The smallest absolute Gasteiger partial charge is 0.189 e. The number of nitrogen functional groups attached to an aromatic ring is 1. The fourth-order valence-corrected chi connectivity index (χ4v) is 3.27. The predicted octanol–water partition coefficient (Wildman–Crippen LogP) is 2.82. The molecular weight excluding hydrogens is 368 g/mol. The number of nitrogens with two attached hydrogens (primary N) is 1.